The summed E-state index contributed by atoms with van der Waals surface area (Å²) in [4.78, 5) is 35.1. The molecule has 6 nitrogen and oxygen atoms in total. The highest BCUT2D eigenvalue weighted by molar-refractivity contribution is 5.90. The molecule has 3 aromatic rings. The molecule has 0 spiro atoms. The summed E-state index contributed by atoms with van der Waals surface area (Å²) in [6.07, 6.45) is 2.86. The molecular formula is C22H18O6. The van der Waals surface area contributed by atoms with Gasteiger partial charge in [-0.25, -0.2) is 14.4 Å². The lowest BCUT2D eigenvalue weighted by Crippen LogP contribution is -2.05. The first-order valence-corrected chi connectivity index (χ1v) is 8.53. The summed E-state index contributed by atoms with van der Waals surface area (Å²) in [5.74, 6) is -0.977. The molecule has 2 aromatic carbocycles. The molecule has 6 heteroatoms. The number of hydrogen-bond donors (Lipinski definition) is 0. The summed E-state index contributed by atoms with van der Waals surface area (Å²) in [5.41, 5.74) is 2.66. The van der Waals surface area contributed by atoms with Crippen LogP contribution in [-0.2, 0) is 20.9 Å². The third kappa shape index (κ3) is 4.54. The van der Waals surface area contributed by atoms with Crippen LogP contribution in [0.4, 0.5) is 0 Å². The molecule has 0 amide bonds. The first-order chi connectivity index (χ1) is 13.5. The van der Waals surface area contributed by atoms with Gasteiger partial charge in [0, 0.05) is 23.1 Å². The second-order valence-corrected chi connectivity index (χ2v) is 6.14. The minimum Gasteiger partial charge on any atom is -0.465 e. The van der Waals surface area contributed by atoms with Crippen LogP contribution in [-0.4, -0.2) is 19.0 Å². The zero-order chi connectivity index (χ0) is 20.1. The van der Waals surface area contributed by atoms with E-state index in [9.17, 15) is 14.4 Å². The van der Waals surface area contributed by atoms with E-state index in [1.807, 2.05) is 19.1 Å². The molecule has 0 saturated carbocycles. The Kier molecular flexibility index (Phi) is 5.69. The Morgan fingerprint density at radius 1 is 1.07 bits per heavy atom. The van der Waals surface area contributed by atoms with Gasteiger partial charge in [-0.05, 0) is 42.3 Å². The predicted molar refractivity (Wildman–Crippen MR) is 104 cm³/mol. The summed E-state index contributed by atoms with van der Waals surface area (Å²) in [6.45, 7) is 1.85. The Hall–Kier alpha value is -3.67. The second kappa shape index (κ2) is 8.35. The fourth-order valence-electron chi connectivity index (χ4n) is 2.67. The Labute approximate surface area is 161 Å². The van der Waals surface area contributed by atoms with Crippen LogP contribution < -0.4 is 5.63 Å². The highest BCUT2D eigenvalue weighted by atomic mass is 16.5. The van der Waals surface area contributed by atoms with Crippen LogP contribution in [0.5, 0.6) is 0 Å². The largest absolute Gasteiger partial charge is 0.465 e. The quantitative estimate of drug-likeness (QED) is 0.383. The van der Waals surface area contributed by atoms with Gasteiger partial charge in [-0.2, -0.15) is 0 Å². The summed E-state index contributed by atoms with van der Waals surface area (Å²) in [6, 6.07) is 13.4. The third-order valence-corrected chi connectivity index (χ3v) is 4.10. The van der Waals surface area contributed by atoms with Gasteiger partial charge in [0.25, 0.3) is 0 Å². The molecule has 0 radical (unpaired) electrons. The smallest absolute Gasteiger partial charge is 0.337 e. The average Bonchev–Trinajstić information content (AvgIpc) is 2.69. The van der Waals surface area contributed by atoms with Crippen molar-refractivity contribution in [2.24, 2.45) is 0 Å². The lowest BCUT2D eigenvalue weighted by Gasteiger charge is -2.06. The maximum absolute atomic E-state index is 12.0. The molecule has 0 N–H and O–H groups in total. The molecule has 0 unspecified atom stereocenters. The number of benzene rings is 2. The van der Waals surface area contributed by atoms with Crippen molar-refractivity contribution in [2.75, 3.05) is 7.11 Å². The van der Waals surface area contributed by atoms with Crippen molar-refractivity contribution in [3.8, 4) is 0 Å². The molecule has 1 heterocycles. The SMILES string of the molecule is COC(=O)c1ccc(/C=C/C(=O)OCc2cc(=O)oc3cc(C)ccc23)cc1. The van der Waals surface area contributed by atoms with E-state index in [1.165, 1.54) is 19.3 Å². The van der Waals surface area contributed by atoms with Crippen molar-refractivity contribution in [3.05, 3.63) is 87.3 Å². The van der Waals surface area contributed by atoms with Gasteiger partial charge >= 0.3 is 17.6 Å². The van der Waals surface area contributed by atoms with Crippen molar-refractivity contribution in [1.29, 1.82) is 0 Å². The Bertz CT molecular complexity index is 1110. The number of aryl methyl sites for hydroxylation is 1. The van der Waals surface area contributed by atoms with Crippen molar-refractivity contribution in [1.82, 2.24) is 0 Å². The van der Waals surface area contributed by atoms with E-state index in [2.05, 4.69) is 4.74 Å². The Morgan fingerprint density at radius 2 is 1.82 bits per heavy atom. The van der Waals surface area contributed by atoms with E-state index in [4.69, 9.17) is 9.15 Å². The monoisotopic (exact) mass is 378 g/mol. The van der Waals surface area contributed by atoms with Crippen LogP contribution in [0.1, 0.15) is 27.0 Å². The number of carbonyl (C=O) groups excluding carboxylic acids is 2. The van der Waals surface area contributed by atoms with E-state index in [-0.39, 0.29) is 6.61 Å². The number of rotatable bonds is 5. The fourth-order valence-corrected chi connectivity index (χ4v) is 2.67. The molecule has 0 saturated heterocycles. The summed E-state index contributed by atoms with van der Waals surface area (Å²) >= 11 is 0. The minimum atomic E-state index is -0.550. The van der Waals surface area contributed by atoms with Gasteiger partial charge in [0.15, 0.2) is 0 Å². The molecule has 0 fully saturated rings. The van der Waals surface area contributed by atoms with E-state index in [1.54, 1.807) is 36.4 Å². The highest BCUT2D eigenvalue weighted by Gasteiger charge is 2.08. The number of hydrogen-bond acceptors (Lipinski definition) is 6. The van der Waals surface area contributed by atoms with Crippen LogP contribution in [0.25, 0.3) is 17.0 Å². The van der Waals surface area contributed by atoms with Crippen molar-refractivity contribution in [3.63, 3.8) is 0 Å². The van der Waals surface area contributed by atoms with E-state index >= 15 is 0 Å². The maximum Gasteiger partial charge on any atom is 0.337 e. The molecule has 0 bridgehead atoms. The lowest BCUT2D eigenvalue weighted by atomic mass is 10.1. The van der Waals surface area contributed by atoms with Crippen LogP contribution in [0.3, 0.4) is 0 Å². The van der Waals surface area contributed by atoms with Crippen LogP contribution in [0, 0.1) is 6.92 Å². The van der Waals surface area contributed by atoms with Gasteiger partial charge in [-0.1, -0.05) is 24.3 Å². The van der Waals surface area contributed by atoms with E-state index < -0.39 is 17.6 Å². The van der Waals surface area contributed by atoms with E-state index in [0.717, 1.165) is 16.5 Å². The van der Waals surface area contributed by atoms with Crippen molar-refractivity contribution >= 4 is 29.0 Å². The van der Waals surface area contributed by atoms with Crippen LogP contribution in [0.15, 0.2) is 63.8 Å². The predicted octanol–water partition coefficient (Wildman–Crippen LogP) is 3.64. The third-order valence-electron chi connectivity index (χ3n) is 4.10. The molecule has 1 aromatic heterocycles. The van der Waals surface area contributed by atoms with Gasteiger partial charge in [0.05, 0.1) is 12.7 Å². The maximum atomic E-state index is 12.0. The van der Waals surface area contributed by atoms with Gasteiger partial charge in [0.1, 0.15) is 12.2 Å². The minimum absolute atomic E-state index is 0.0460. The normalized spacial score (nSPS) is 10.9. The summed E-state index contributed by atoms with van der Waals surface area (Å²) in [7, 11) is 1.31. The number of fused-ring (bicyclic) bond motifs is 1. The van der Waals surface area contributed by atoms with Gasteiger partial charge in [-0.15, -0.1) is 0 Å². The molecule has 0 aliphatic rings. The zero-order valence-corrected chi connectivity index (χ0v) is 15.4. The zero-order valence-electron chi connectivity index (χ0n) is 15.4. The fraction of sp³-hybridized carbons (Fsp3) is 0.136. The van der Waals surface area contributed by atoms with Gasteiger partial charge < -0.3 is 13.9 Å². The van der Waals surface area contributed by atoms with Gasteiger partial charge in [-0.3, -0.25) is 0 Å². The first-order valence-electron chi connectivity index (χ1n) is 8.53. The average molecular weight is 378 g/mol. The van der Waals surface area contributed by atoms with E-state index in [0.29, 0.717) is 16.7 Å². The molecule has 0 atom stereocenters. The molecule has 28 heavy (non-hydrogen) atoms. The molecule has 0 aliphatic carbocycles. The molecule has 3 rings (SSSR count). The Morgan fingerprint density at radius 3 is 2.54 bits per heavy atom. The van der Waals surface area contributed by atoms with Crippen LogP contribution in [0.2, 0.25) is 0 Å². The van der Waals surface area contributed by atoms with Gasteiger partial charge in [0.2, 0.25) is 0 Å². The molecular weight excluding hydrogens is 360 g/mol. The summed E-state index contributed by atoms with van der Waals surface area (Å²) in [5, 5.41) is 0.723. The number of ether oxygens (including phenoxy) is 2. The summed E-state index contributed by atoms with van der Waals surface area (Å²) < 4.78 is 15.1. The molecule has 142 valence electrons. The second-order valence-electron chi connectivity index (χ2n) is 6.14. The number of methoxy groups -OCH3 is 1. The van der Waals surface area contributed by atoms with Crippen LogP contribution >= 0.6 is 0 Å². The number of esters is 2. The first kappa shape index (κ1) is 19.1. The molecule has 0 aliphatic heterocycles. The Balaban J connectivity index is 1.67. The van der Waals surface area contributed by atoms with Crippen molar-refractivity contribution in [2.45, 2.75) is 13.5 Å². The lowest BCUT2D eigenvalue weighted by molar-refractivity contribution is -0.138. The topological polar surface area (TPSA) is 82.8 Å². The highest BCUT2D eigenvalue weighted by Crippen LogP contribution is 2.19. The standard InChI is InChI=1S/C22H18O6/c1-14-3-9-18-17(12-21(24)28-19(18)11-14)13-27-20(23)10-6-15-4-7-16(8-5-15)22(25)26-2/h3-12H,13H2,1-2H3/b10-6+. The van der Waals surface area contributed by atoms with Crippen molar-refractivity contribution < 1.29 is 23.5 Å². The number of carbonyl (C=O) groups is 2.